The van der Waals surface area contributed by atoms with Gasteiger partial charge in [0, 0.05) is 50.2 Å². The van der Waals surface area contributed by atoms with Crippen LogP contribution in [0.1, 0.15) is 16.1 Å². The fraction of sp³-hybridized carbons (Fsp3) is 0.217. The molecule has 1 amide bonds. The van der Waals surface area contributed by atoms with Crippen LogP contribution in [-0.4, -0.2) is 55.3 Å². The van der Waals surface area contributed by atoms with Crippen molar-refractivity contribution in [3.05, 3.63) is 90.3 Å². The average Bonchev–Trinajstić information content (AvgIpc) is 2.80. The first kappa shape index (κ1) is 21.0. The minimum Gasteiger partial charge on any atom is -0.336 e. The molecule has 7 nitrogen and oxygen atoms in total. The number of sulfonamides is 1. The molecule has 0 atom stereocenters. The summed E-state index contributed by atoms with van der Waals surface area (Å²) in [5.74, 6) is -0.0857. The zero-order valence-electron chi connectivity index (χ0n) is 17.0. The molecule has 0 aliphatic carbocycles. The van der Waals surface area contributed by atoms with Crippen LogP contribution in [0.3, 0.4) is 0 Å². The molecule has 4 rings (SSSR count). The topological polar surface area (TPSA) is 82.6 Å². The van der Waals surface area contributed by atoms with Gasteiger partial charge in [-0.05, 0) is 48.5 Å². The minimum absolute atomic E-state index is 0.0857. The number of nitrogens with zero attached hydrogens (tertiary/aromatic N) is 3. The van der Waals surface area contributed by atoms with Crippen LogP contribution in [0.15, 0.2) is 83.9 Å². The van der Waals surface area contributed by atoms with E-state index < -0.39 is 10.0 Å². The maximum Gasteiger partial charge on any atom is 0.261 e. The van der Waals surface area contributed by atoms with E-state index in [1.165, 1.54) is 12.1 Å². The van der Waals surface area contributed by atoms with Crippen LogP contribution >= 0.6 is 0 Å². The number of piperazine rings is 1. The molecule has 1 N–H and O–H groups in total. The number of nitrogens with one attached hydrogen (secondary N) is 1. The summed E-state index contributed by atoms with van der Waals surface area (Å²) in [6, 6.07) is 20.7. The Morgan fingerprint density at radius 2 is 1.55 bits per heavy atom. The van der Waals surface area contributed by atoms with Crippen LogP contribution in [0.5, 0.6) is 0 Å². The number of hydrogen-bond donors (Lipinski definition) is 1. The van der Waals surface area contributed by atoms with Crippen molar-refractivity contribution in [3.63, 3.8) is 0 Å². The van der Waals surface area contributed by atoms with Crippen molar-refractivity contribution in [1.29, 1.82) is 0 Å². The molecule has 2 heterocycles. The van der Waals surface area contributed by atoms with E-state index in [2.05, 4.69) is 14.6 Å². The van der Waals surface area contributed by atoms with E-state index >= 15 is 0 Å². The second-order valence-electron chi connectivity index (χ2n) is 7.39. The Labute approximate surface area is 182 Å². The molecule has 160 valence electrons. The average molecular weight is 437 g/mol. The number of amides is 1. The van der Waals surface area contributed by atoms with E-state index in [-0.39, 0.29) is 10.8 Å². The lowest BCUT2D eigenvalue weighted by atomic mass is 10.2. The third-order valence-corrected chi connectivity index (χ3v) is 6.61. The summed E-state index contributed by atoms with van der Waals surface area (Å²) < 4.78 is 27.6. The fourth-order valence-electron chi connectivity index (χ4n) is 3.51. The van der Waals surface area contributed by atoms with Crippen molar-refractivity contribution in [2.24, 2.45) is 0 Å². The number of hydrogen-bond acceptors (Lipinski definition) is 5. The first-order valence-electron chi connectivity index (χ1n) is 10.1. The quantitative estimate of drug-likeness (QED) is 0.643. The van der Waals surface area contributed by atoms with Crippen LogP contribution in [0.25, 0.3) is 0 Å². The van der Waals surface area contributed by atoms with Gasteiger partial charge >= 0.3 is 0 Å². The van der Waals surface area contributed by atoms with Crippen molar-refractivity contribution < 1.29 is 13.2 Å². The van der Waals surface area contributed by atoms with Crippen molar-refractivity contribution in [1.82, 2.24) is 14.8 Å². The summed E-state index contributed by atoms with van der Waals surface area (Å²) in [5.41, 5.74) is 1.99. The zero-order valence-corrected chi connectivity index (χ0v) is 17.8. The number of pyridine rings is 1. The maximum atomic E-state index is 12.8. The molecule has 1 aliphatic rings. The largest absolute Gasteiger partial charge is 0.336 e. The first-order valence-corrected chi connectivity index (χ1v) is 11.6. The van der Waals surface area contributed by atoms with Gasteiger partial charge in [0.25, 0.3) is 15.9 Å². The van der Waals surface area contributed by atoms with Gasteiger partial charge in [-0.1, -0.05) is 24.3 Å². The number of aromatic nitrogens is 1. The van der Waals surface area contributed by atoms with E-state index in [4.69, 9.17) is 0 Å². The minimum atomic E-state index is -3.71. The lowest BCUT2D eigenvalue weighted by molar-refractivity contribution is 0.0627. The predicted octanol–water partition coefficient (Wildman–Crippen LogP) is 2.84. The van der Waals surface area contributed by atoms with E-state index in [0.717, 1.165) is 25.3 Å². The van der Waals surface area contributed by atoms with Gasteiger partial charge in [-0.25, -0.2) is 8.42 Å². The number of para-hydroxylation sites is 1. The summed E-state index contributed by atoms with van der Waals surface area (Å²) in [6.07, 6.45) is 1.79. The molecular weight excluding hydrogens is 412 g/mol. The Kier molecular flexibility index (Phi) is 6.29. The molecule has 1 fully saturated rings. The standard InChI is InChI=1S/C23H24N4O3S/c28-23(27-16-14-26(15-17-27)18-21-8-4-5-13-24-21)19-9-11-22(12-10-19)31(29,30)25-20-6-2-1-3-7-20/h1-13,25H,14-18H2. The first-order chi connectivity index (χ1) is 15.0. The summed E-state index contributed by atoms with van der Waals surface area (Å²) >= 11 is 0. The number of anilines is 1. The Bertz CT molecular complexity index is 1110. The van der Waals surface area contributed by atoms with Gasteiger partial charge in [0.2, 0.25) is 0 Å². The van der Waals surface area contributed by atoms with Crippen molar-refractivity contribution in [2.75, 3.05) is 30.9 Å². The van der Waals surface area contributed by atoms with Crippen LogP contribution in [-0.2, 0) is 16.6 Å². The summed E-state index contributed by atoms with van der Waals surface area (Å²) in [4.78, 5) is 21.4. The van der Waals surface area contributed by atoms with E-state index in [1.54, 1.807) is 47.5 Å². The third kappa shape index (κ3) is 5.28. The molecule has 1 aliphatic heterocycles. The molecule has 31 heavy (non-hydrogen) atoms. The van der Waals surface area contributed by atoms with Gasteiger partial charge in [-0.2, -0.15) is 0 Å². The van der Waals surface area contributed by atoms with Crippen LogP contribution < -0.4 is 4.72 Å². The number of carbonyl (C=O) groups excluding carboxylic acids is 1. The highest BCUT2D eigenvalue weighted by Gasteiger charge is 2.23. The highest BCUT2D eigenvalue weighted by molar-refractivity contribution is 7.92. The second kappa shape index (κ2) is 9.28. The van der Waals surface area contributed by atoms with Crippen molar-refractivity contribution >= 4 is 21.6 Å². The lowest BCUT2D eigenvalue weighted by Gasteiger charge is -2.34. The molecular formula is C23H24N4O3S. The fourth-order valence-corrected chi connectivity index (χ4v) is 4.57. The molecule has 0 radical (unpaired) electrons. The Balaban J connectivity index is 1.35. The smallest absolute Gasteiger partial charge is 0.261 e. The van der Waals surface area contributed by atoms with Gasteiger partial charge < -0.3 is 4.90 Å². The molecule has 1 saturated heterocycles. The van der Waals surface area contributed by atoms with Crippen LogP contribution in [0, 0.1) is 0 Å². The molecule has 0 unspecified atom stereocenters. The molecule has 0 spiro atoms. The Morgan fingerprint density at radius 1 is 0.871 bits per heavy atom. The second-order valence-corrected chi connectivity index (χ2v) is 9.07. The Morgan fingerprint density at radius 3 is 2.19 bits per heavy atom. The number of rotatable bonds is 6. The maximum absolute atomic E-state index is 12.8. The zero-order chi connectivity index (χ0) is 21.7. The number of carbonyl (C=O) groups is 1. The molecule has 3 aromatic rings. The van der Waals surface area contributed by atoms with Crippen LogP contribution in [0.4, 0.5) is 5.69 Å². The van der Waals surface area contributed by atoms with Crippen molar-refractivity contribution in [3.8, 4) is 0 Å². The van der Waals surface area contributed by atoms with Gasteiger partial charge in [0.05, 0.1) is 10.6 Å². The predicted molar refractivity (Wildman–Crippen MR) is 119 cm³/mol. The number of benzene rings is 2. The van der Waals surface area contributed by atoms with Gasteiger partial charge in [-0.15, -0.1) is 0 Å². The molecule has 0 saturated carbocycles. The van der Waals surface area contributed by atoms with Gasteiger partial charge in [-0.3, -0.25) is 19.4 Å². The van der Waals surface area contributed by atoms with E-state index in [1.807, 2.05) is 24.3 Å². The van der Waals surface area contributed by atoms with Gasteiger partial charge in [0.1, 0.15) is 0 Å². The van der Waals surface area contributed by atoms with Crippen LogP contribution in [0.2, 0.25) is 0 Å². The summed E-state index contributed by atoms with van der Waals surface area (Å²) in [6.45, 7) is 3.57. The van der Waals surface area contributed by atoms with Crippen molar-refractivity contribution in [2.45, 2.75) is 11.4 Å². The molecule has 8 heteroatoms. The molecule has 1 aromatic heterocycles. The third-order valence-electron chi connectivity index (χ3n) is 5.21. The molecule has 0 bridgehead atoms. The van der Waals surface area contributed by atoms with Gasteiger partial charge in [0.15, 0.2) is 0 Å². The highest BCUT2D eigenvalue weighted by atomic mass is 32.2. The monoisotopic (exact) mass is 436 g/mol. The lowest BCUT2D eigenvalue weighted by Crippen LogP contribution is -2.48. The normalized spacial score (nSPS) is 14.9. The molecule has 2 aromatic carbocycles. The summed E-state index contributed by atoms with van der Waals surface area (Å²) in [5, 5.41) is 0. The highest BCUT2D eigenvalue weighted by Crippen LogP contribution is 2.18. The summed E-state index contributed by atoms with van der Waals surface area (Å²) in [7, 11) is -3.71. The van der Waals surface area contributed by atoms with E-state index in [9.17, 15) is 13.2 Å². The Hall–Kier alpha value is -3.23. The van der Waals surface area contributed by atoms with E-state index in [0.29, 0.717) is 24.3 Å². The SMILES string of the molecule is O=C(c1ccc(S(=O)(=O)Nc2ccccc2)cc1)N1CCN(Cc2ccccn2)CC1.